The number of amides is 1. The third-order valence-corrected chi connectivity index (χ3v) is 6.20. The molecule has 7 heteroatoms. The van der Waals surface area contributed by atoms with Gasteiger partial charge in [0.05, 0.1) is 24.4 Å². The molecule has 0 unspecified atom stereocenters. The Bertz CT molecular complexity index is 1150. The highest BCUT2D eigenvalue weighted by Crippen LogP contribution is 2.39. The van der Waals surface area contributed by atoms with Crippen molar-refractivity contribution in [3.63, 3.8) is 0 Å². The molecule has 2 aliphatic rings. The van der Waals surface area contributed by atoms with Gasteiger partial charge in [-0.15, -0.1) is 0 Å². The molecule has 0 radical (unpaired) electrons. The fraction of sp³-hybridized carbons (Fsp3) is 0.320. The van der Waals surface area contributed by atoms with E-state index < -0.39 is 17.0 Å². The van der Waals surface area contributed by atoms with Crippen molar-refractivity contribution < 1.29 is 14.6 Å². The number of aromatic nitrogens is 1. The van der Waals surface area contributed by atoms with Crippen LogP contribution in [0.3, 0.4) is 0 Å². The standard InChI is InChI=1S/C25H22BrN3O3/c26-22-5-3-4-21(28-22)14-19(15-27)23(30)29-25(11-1-2-12-25)20-8-6-18(7-9-20)10-13-24(31)16-32-17-24/h3-9,14,31H,1-2,11-12,16-17H2,(H,29,30). The average molecular weight is 492 g/mol. The van der Waals surface area contributed by atoms with E-state index in [1.165, 1.54) is 6.08 Å². The number of benzene rings is 1. The van der Waals surface area contributed by atoms with Crippen LogP contribution in [0.4, 0.5) is 0 Å². The van der Waals surface area contributed by atoms with Gasteiger partial charge in [0, 0.05) is 5.56 Å². The van der Waals surface area contributed by atoms with Crippen molar-refractivity contribution in [1.82, 2.24) is 10.3 Å². The van der Waals surface area contributed by atoms with Gasteiger partial charge in [0.1, 0.15) is 16.2 Å². The molecule has 1 aromatic carbocycles. The molecule has 1 aliphatic carbocycles. The van der Waals surface area contributed by atoms with Gasteiger partial charge in [0.15, 0.2) is 5.60 Å². The van der Waals surface area contributed by atoms with Gasteiger partial charge in [-0.05, 0) is 64.7 Å². The second-order valence-corrected chi connectivity index (χ2v) is 8.96. The quantitative estimate of drug-likeness (QED) is 0.295. The van der Waals surface area contributed by atoms with Crippen molar-refractivity contribution in [3.8, 4) is 17.9 Å². The zero-order valence-electron chi connectivity index (χ0n) is 17.4. The molecule has 1 saturated carbocycles. The summed E-state index contributed by atoms with van der Waals surface area (Å²) in [7, 11) is 0. The van der Waals surface area contributed by atoms with E-state index in [0.717, 1.165) is 36.8 Å². The van der Waals surface area contributed by atoms with Gasteiger partial charge in [0.2, 0.25) is 0 Å². The van der Waals surface area contributed by atoms with Gasteiger partial charge in [0.25, 0.3) is 5.91 Å². The normalized spacial score (nSPS) is 18.6. The van der Waals surface area contributed by atoms with Crippen molar-refractivity contribution in [2.24, 2.45) is 0 Å². The minimum absolute atomic E-state index is 0.0142. The Labute approximate surface area is 195 Å². The summed E-state index contributed by atoms with van der Waals surface area (Å²) >= 11 is 3.30. The summed E-state index contributed by atoms with van der Waals surface area (Å²) < 4.78 is 5.64. The summed E-state index contributed by atoms with van der Waals surface area (Å²) in [5, 5.41) is 22.8. The molecular weight excluding hydrogens is 470 g/mol. The van der Waals surface area contributed by atoms with Crippen LogP contribution < -0.4 is 5.32 Å². The predicted molar refractivity (Wildman–Crippen MR) is 123 cm³/mol. The fourth-order valence-corrected chi connectivity index (χ4v) is 4.34. The Balaban J connectivity index is 1.54. The van der Waals surface area contributed by atoms with Crippen molar-refractivity contribution in [1.29, 1.82) is 5.26 Å². The first-order chi connectivity index (χ1) is 15.4. The van der Waals surface area contributed by atoms with Gasteiger partial charge in [-0.3, -0.25) is 4.79 Å². The number of aliphatic hydroxyl groups is 1. The minimum atomic E-state index is -1.05. The molecule has 0 atom stereocenters. The summed E-state index contributed by atoms with van der Waals surface area (Å²) in [6.45, 7) is 0.467. The molecule has 2 heterocycles. The summed E-state index contributed by atoms with van der Waals surface area (Å²) in [5.41, 5.74) is 0.740. The number of nitrogens with zero attached hydrogens (tertiary/aromatic N) is 2. The number of rotatable bonds is 4. The van der Waals surface area contributed by atoms with Crippen LogP contribution in [0.5, 0.6) is 0 Å². The molecule has 1 saturated heterocycles. The first kappa shape index (κ1) is 22.2. The number of pyridine rings is 1. The Hall–Kier alpha value is -2.97. The number of nitriles is 1. The van der Waals surface area contributed by atoms with Crippen molar-refractivity contribution >= 4 is 27.9 Å². The fourth-order valence-electron chi connectivity index (χ4n) is 3.98. The molecule has 162 valence electrons. The lowest BCUT2D eigenvalue weighted by atomic mass is 9.87. The highest BCUT2D eigenvalue weighted by molar-refractivity contribution is 9.10. The SMILES string of the molecule is N#CC(=Cc1cccc(Br)n1)C(=O)NC1(c2ccc(C#CC3(O)COC3)cc2)CCCC1. The zero-order valence-corrected chi connectivity index (χ0v) is 19.0. The van der Waals surface area contributed by atoms with Crippen molar-refractivity contribution in [3.05, 3.63) is 69.5 Å². The number of carbonyl (C=O) groups excluding carboxylic acids is 1. The highest BCUT2D eigenvalue weighted by Gasteiger charge is 2.38. The predicted octanol–water partition coefficient (Wildman–Crippen LogP) is 3.45. The number of hydrogen-bond acceptors (Lipinski definition) is 5. The summed E-state index contributed by atoms with van der Waals surface area (Å²) in [6.07, 6.45) is 5.08. The third kappa shape index (κ3) is 4.92. The van der Waals surface area contributed by atoms with E-state index in [4.69, 9.17) is 4.74 Å². The van der Waals surface area contributed by atoms with Gasteiger partial charge >= 0.3 is 0 Å². The van der Waals surface area contributed by atoms with E-state index in [0.29, 0.717) is 10.3 Å². The van der Waals surface area contributed by atoms with Crippen LogP contribution in [0, 0.1) is 23.2 Å². The highest BCUT2D eigenvalue weighted by atomic mass is 79.9. The molecule has 6 nitrogen and oxygen atoms in total. The Morgan fingerprint density at radius 1 is 1.19 bits per heavy atom. The Kier molecular flexibility index (Phi) is 6.43. The molecule has 32 heavy (non-hydrogen) atoms. The van der Waals surface area contributed by atoms with E-state index in [1.807, 2.05) is 30.3 Å². The van der Waals surface area contributed by atoms with Crippen LogP contribution in [0.2, 0.25) is 0 Å². The first-order valence-electron chi connectivity index (χ1n) is 10.4. The second kappa shape index (κ2) is 9.26. The van der Waals surface area contributed by atoms with E-state index in [1.54, 1.807) is 18.2 Å². The number of ether oxygens (including phenoxy) is 1. The lowest BCUT2D eigenvalue weighted by Gasteiger charge is -2.31. The molecule has 0 spiro atoms. The third-order valence-electron chi connectivity index (χ3n) is 5.76. The Morgan fingerprint density at radius 2 is 1.91 bits per heavy atom. The summed E-state index contributed by atoms with van der Waals surface area (Å²) in [5.74, 6) is 5.43. The van der Waals surface area contributed by atoms with E-state index in [9.17, 15) is 15.2 Å². The smallest absolute Gasteiger partial charge is 0.262 e. The van der Waals surface area contributed by atoms with Crippen LogP contribution in [0.15, 0.2) is 52.6 Å². The summed E-state index contributed by atoms with van der Waals surface area (Å²) in [4.78, 5) is 17.3. The van der Waals surface area contributed by atoms with Gasteiger partial charge in [-0.2, -0.15) is 5.26 Å². The Morgan fingerprint density at radius 3 is 2.50 bits per heavy atom. The van der Waals surface area contributed by atoms with Crippen LogP contribution in [-0.2, 0) is 15.1 Å². The molecule has 2 fully saturated rings. The maximum Gasteiger partial charge on any atom is 0.262 e. The molecule has 1 aliphatic heterocycles. The average Bonchev–Trinajstić information content (AvgIpc) is 3.24. The topological polar surface area (TPSA) is 95.2 Å². The van der Waals surface area contributed by atoms with Gasteiger partial charge < -0.3 is 15.2 Å². The minimum Gasteiger partial charge on any atom is -0.373 e. The number of carbonyl (C=O) groups is 1. The second-order valence-electron chi connectivity index (χ2n) is 8.15. The molecule has 2 aromatic rings. The van der Waals surface area contributed by atoms with Crippen LogP contribution in [0.1, 0.15) is 42.5 Å². The molecule has 0 bridgehead atoms. The maximum atomic E-state index is 13.0. The summed E-state index contributed by atoms with van der Waals surface area (Å²) in [6, 6.07) is 15.0. The molecule has 1 aromatic heterocycles. The lowest BCUT2D eigenvalue weighted by Crippen LogP contribution is -2.48. The molecular formula is C25H22BrN3O3. The maximum absolute atomic E-state index is 13.0. The monoisotopic (exact) mass is 491 g/mol. The van der Waals surface area contributed by atoms with E-state index in [2.05, 4.69) is 38.1 Å². The molecule has 2 N–H and O–H groups in total. The van der Waals surface area contributed by atoms with Crippen molar-refractivity contribution in [2.75, 3.05) is 13.2 Å². The van der Waals surface area contributed by atoms with Crippen LogP contribution in [-0.4, -0.2) is 34.8 Å². The molecule has 4 rings (SSSR count). The van der Waals surface area contributed by atoms with Crippen LogP contribution >= 0.6 is 15.9 Å². The van der Waals surface area contributed by atoms with E-state index in [-0.39, 0.29) is 18.8 Å². The van der Waals surface area contributed by atoms with E-state index >= 15 is 0 Å². The largest absolute Gasteiger partial charge is 0.373 e. The van der Waals surface area contributed by atoms with Gasteiger partial charge in [-0.25, -0.2) is 4.98 Å². The lowest BCUT2D eigenvalue weighted by molar-refractivity contribution is -0.140. The number of hydrogen-bond donors (Lipinski definition) is 2. The van der Waals surface area contributed by atoms with Gasteiger partial charge in [-0.1, -0.05) is 42.9 Å². The van der Waals surface area contributed by atoms with Crippen LogP contribution in [0.25, 0.3) is 6.08 Å². The van der Waals surface area contributed by atoms with Crippen molar-refractivity contribution in [2.45, 2.75) is 36.8 Å². The number of nitrogens with one attached hydrogen (secondary N) is 1. The number of halogens is 1. The molecule has 1 amide bonds. The zero-order chi connectivity index (χ0) is 22.6. The first-order valence-corrected chi connectivity index (χ1v) is 11.2.